The Bertz CT molecular complexity index is 222. The third-order valence-corrected chi connectivity index (χ3v) is 1.44. The van der Waals surface area contributed by atoms with Crippen LogP contribution in [0.4, 0.5) is 0 Å². The smallest absolute Gasteiger partial charge is 0.267 e. The fourth-order valence-corrected chi connectivity index (χ4v) is 0.910. The van der Waals surface area contributed by atoms with Crippen molar-refractivity contribution in [1.29, 1.82) is 0 Å². The van der Waals surface area contributed by atoms with E-state index >= 15 is 0 Å². The third-order valence-electron chi connectivity index (χ3n) is 1.13. The Hall–Kier alpha value is -0.900. The highest BCUT2D eigenvalue weighted by Gasteiger charge is 2.18. The highest BCUT2D eigenvalue weighted by Crippen LogP contribution is 2.10. The molecule has 1 heterocycles. The molecule has 0 saturated carbocycles. The van der Waals surface area contributed by atoms with Crippen LogP contribution in [0.25, 0.3) is 0 Å². The monoisotopic (exact) mass is 160 g/mol. The minimum atomic E-state index is -0.523. The highest BCUT2D eigenvalue weighted by molar-refractivity contribution is 6.69. The maximum Gasteiger partial charge on any atom is 0.302 e. The molecule has 0 aromatic rings. The summed E-state index contributed by atoms with van der Waals surface area (Å²) in [5.74, 6) is 0. The average molecular weight is 161 g/mol. The molecule has 0 aliphatic carbocycles. The van der Waals surface area contributed by atoms with Gasteiger partial charge in [0.05, 0.1) is 4.92 Å². The van der Waals surface area contributed by atoms with Crippen molar-refractivity contribution in [2.45, 2.75) is 6.42 Å². The Morgan fingerprint density at radius 2 is 2.50 bits per heavy atom. The van der Waals surface area contributed by atoms with E-state index in [0.29, 0.717) is 13.0 Å². The van der Waals surface area contributed by atoms with Crippen LogP contribution in [-0.4, -0.2) is 16.6 Å². The summed E-state index contributed by atoms with van der Waals surface area (Å²) in [6, 6.07) is 0. The van der Waals surface area contributed by atoms with Gasteiger partial charge >= 0.3 is 5.70 Å². The van der Waals surface area contributed by atoms with Crippen LogP contribution in [0.1, 0.15) is 6.42 Å². The molecule has 0 spiro atoms. The molecule has 0 radical (unpaired) electrons. The summed E-state index contributed by atoms with van der Waals surface area (Å²) in [4.78, 5) is 13.3. The molecule has 1 aliphatic rings. The normalized spacial score (nSPS) is 17.7. The average Bonchev–Trinajstić information content (AvgIpc) is 1.88. The molecule has 1 aliphatic heterocycles. The zero-order chi connectivity index (χ0) is 7.56. The second-order valence-corrected chi connectivity index (χ2v) is 2.17. The van der Waals surface area contributed by atoms with E-state index in [9.17, 15) is 10.1 Å². The highest BCUT2D eigenvalue weighted by atomic mass is 35.5. The van der Waals surface area contributed by atoms with Crippen LogP contribution in [-0.2, 0) is 0 Å². The summed E-state index contributed by atoms with van der Waals surface area (Å²) >= 11 is 5.42. The number of hydrogen-bond acceptors (Lipinski definition) is 3. The maximum absolute atomic E-state index is 10.1. The summed E-state index contributed by atoms with van der Waals surface area (Å²) in [5.41, 5.74) is -0.0760. The zero-order valence-electron chi connectivity index (χ0n) is 5.08. The van der Waals surface area contributed by atoms with Gasteiger partial charge in [0.1, 0.15) is 0 Å². The second kappa shape index (κ2) is 2.79. The molecule has 54 valence electrons. The topological polar surface area (TPSA) is 55.5 Å². The molecule has 0 unspecified atom stereocenters. The van der Waals surface area contributed by atoms with Crippen molar-refractivity contribution in [2.75, 3.05) is 6.54 Å². The van der Waals surface area contributed by atoms with Gasteiger partial charge in [-0.15, -0.1) is 0 Å². The van der Waals surface area contributed by atoms with E-state index in [1.807, 2.05) is 0 Å². The van der Waals surface area contributed by atoms with Gasteiger partial charge < -0.3 is 0 Å². The molecule has 0 saturated heterocycles. The van der Waals surface area contributed by atoms with E-state index in [2.05, 4.69) is 4.99 Å². The number of nitrogens with zero attached hydrogens (tertiary/aromatic N) is 2. The largest absolute Gasteiger partial charge is 0.302 e. The SMILES string of the molecule is O=[N+]([O-])C1=CCCN=C1Cl. The molecule has 0 atom stereocenters. The van der Waals surface area contributed by atoms with E-state index < -0.39 is 4.92 Å². The predicted octanol–water partition coefficient (Wildman–Crippen LogP) is 1.19. The van der Waals surface area contributed by atoms with Gasteiger partial charge in [0.2, 0.25) is 5.17 Å². The van der Waals surface area contributed by atoms with Crippen molar-refractivity contribution in [3.05, 3.63) is 21.9 Å². The van der Waals surface area contributed by atoms with Crippen LogP contribution < -0.4 is 0 Å². The van der Waals surface area contributed by atoms with Gasteiger partial charge in [-0.3, -0.25) is 15.1 Å². The molecular formula is C5H5ClN2O2. The first-order valence-electron chi connectivity index (χ1n) is 2.76. The first-order chi connectivity index (χ1) is 4.72. The van der Waals surface area contributed by atoms with Crippen LogP contribution in [0.3, 0.4) is 0 Å². The minimum absolute atomic E-state index is 0.0104. The minimum Gasteiger partial charge on any atom is -0.267 e. The standard InChI is InChI=1S/C5H5ClN2O2/c6-5-4(8(9)10)2-1-3-7-5/h2H,1,3H2. The van der Waals surface area contributed by atoms with Crippen molar-refractivity contribution in [3.8, 4) is 0 Å². The van der Waals surface area contributed by atoms with Crippen LogP contribution in [0.15, 0.2) is 16.8 Å². The molecule has 0 fully saturated rings. The fraction of sp³-hybridized carbons (Fsp3) is 0.400. The lowest BCUT2D eigenvalue weighted by Crippen LogP contribution is -2.10. The Morgan fingerprint density at radius 1 is 1.80 bits per heavy atom. The molecule has 1 rings (SSSR count). The number of halogens is 1. The Labute approximate surface area is 62.4 Å². The van der Waals surface area contributed by atoms with Gasteiger partial charge in [-0.1, -0.05) is 11.6 Å². The van der Waals surface area contributed by atoms with Crippen molar-refractivity contribution in [1.82, 2.24) is 0 Å². The molecule has 0 aromatic heterocycles. The van der Waals surface area contributed by atoms with Crippen LogP contribution in [0.5, 0.6) is 0 Å². The van der Waals surface area contributed by atoms with Crippen molar-refractivity contribution in [2.24, 2.45) is 4.99 Å². The number of hydrogen-bond donors (Lipinski definition) is 0. The second-order valence-electron chi connectivity index (χ2n) is 1.81. The fourth-order valence-electron chi connectivity index (χ4n) is 0.679. The van der Waals surface area contributed by atoms with Crippen molar-refractivity contribution in [3.63, 3.8) is 0 Å². The van der Waals surface area contributed by atoms with E-state index in [4.69, 9.17) is 11.6 Å². The number of rotatable bonds is 1. The Kier molecular flexibility index (Phi) is 2.01. The van der Waals surface area contributed by atoms with Gasteiger partial charge in [-0.2, -0.15) is 0 Å². The molecule has 4 nitrogen and oxygen atoms in total. The number of dihydropyridines is 1. The lowest BCUT2D eigenvalue weighted by atomic mass is 10.3. The summed E-state index contributed by atoms with van der Waals surface area (Å²) in [6.07, 6.45) is 2.09. The molecule has 0 amide bonds. The number of aliphatic imine (C=N–C) groups is 1. The van der Waals surface area contributed by atoms with Gasteiger partial charge in [-0.05, 0) is 12.5 Å². The summed E-state index contributed by atoms with van der Waals surface area (Å²) in [6.45, 7) is 0.552. The number of allylic oxidation sites excluding steroid dienone is 1. The van der Waals surface area contributed by atoms with Crippen LogP contribution in [0.2, 0.25) is 0 Å². The maximum atomic E-state index is 10.1. The van der Waals surface area contributed by atoms with Crippen LogP contribution in [0, 0.1) is 10.1 Å². The number of nitro groups is 1. The van der Waals surface area contributed by atoms with E-state index in [1.165, 1.54) is 6.08 Å². The van der Waals surface area contributed by atoms with E-state index in [1.54, 1.807) is 0 Å². The van der Waals surface area contributed by atoms with Gasteiger partial charge in [0, 0.05) is 6.54 Å². The first kappa shape index (κ1) is 7.21. The molecule has 10 heavy (non-hydrogen) atoms. The Morgan fingerprint density at radius 3 is 2.90 bits per heavy atom. The molecule has 0 aromatic carbocycles. The lowest BCUT2D eigenvalue weighted by molar-refractivity contribution is -0.415. The molecule has 0 bridgehead atoms. The molecule has 0 N–H and O–H groups in total. The molecular weight excluding hydrogens is 156 g/mol. The summed E-state index contributed by atoms with van der Waals surface area (Å²) < 4.78 is 0. The third kappa shape index (κ3) is 1.33. The van der Waals surface area contributed by atoms with Gasteiger partial charge in [-0.25, -0.2) is 0 Å². The quantitative estimate of drug-likeness (QED) is 0.427. The van der Waals surface area contributed by atoms with Crippen molar-refractivity contribution < 1.29 is 4.92 Å². The summed E-state index contributed by atoms with van der Waals surface area (Å²) in [7, 11) is 0. The predicted molar refractivity (Wildman–Crippen MR) is 37.8 cm³/mol. The lowest BCUT2D eigenvalue weighted by Gasteiger charge is -2.00. The van der Waals surface area contributed by atoms with Crippen LogP contribution >= 0.6 is 11.6 Å². The van der Waals surface area contributed by atoms with Gasteiger partial charge in [0.25, 0.3) is 0 Å². The first-order valence-corrected chi connectivity index (χ1v) is 3.14. The molecule has 5 heteroatoms. The van der Waals surface area contributed by atoms with E-state index in [-0.39, 0.29) is 10.9 Å². The summed E-state index contributed by atoms with van der Waals surface area (Å²) in [5, 5.41) is 10.1. The van der Waals surface area contributed by atoms with Crippen molar-refractivity contribution >= 4 is 16.8 Å². The Balaban J connectivity index is 2.84. The zero-order valence-corrected chi connectivity index (χ0v) is 5.84. The van der Waals surface area contributed by atoms with Gasteiger partial charge in [0.15, 0.2) is 0 Å². The van der Waals surface area contributed by atoms with E-state index in [0.717, 1.165) is 0 Å².